The minimum atomic E-state index is -0.359. The highest BCUT2D eigenvalue weighted by molar-refractivity contribution is 6.35. The molecule has 76 valence electrons. The lowest BCUT2D eigenvalue weighted by molar-refractivity contribution is -0.0361. The number of benzene rings is 1. The molecule has 0 aromatic heterocycles. The van der Waals surface area contributed by atoms with Gasteiger partial charge >= 0.3 is 0 Å². The highest BCUT2D eigenvalue weighted by Crippen LogP contribution is 2.32. The van der Waals surface area contributed by atoms with Gasteiger partial charge in [-0.1, -0.05) is 23.2 Å². The standard InChI is InChI=1S/C10H10Cl2O2/c11-6-1-3-9(7(12)5-6)14-10-4-2-8(10)13/h1,3,5,8,10,13H,2,4H2/t8-,10-/m1/s1. The Morgan fingerprint density at radius 2 is 2.07 bits per heavy atom. The molecule has 14 heavy (non-hydrogen) atoms. The summed E-state index contributed by atoms with van der Waals surface area (Å²) in [7, 11) is 0. The summed E-state index contributed by atoms with van der Waals surface area (Å²) >= 11 is 11.7. The summed E-state index contributed by atoms with van der Waals surface area (Å²) in [5.41, 5.74) is 0. The fraction of sp³-hybridized carbons (Fsp3) is 0.400. The fourth-order valence-corrected chi connectivity index (χ4v) is 1.78. The number of ether oxygens (including phenoxy) is 1. The lowest BCUT2D eigenvalue weighted by Crippen LogP contribution is -2.41. The maximum absolute atomic E-state index is 9.32. The number of aliphatic hydroxyl groups is 1. The van der Waals surface area contributed by atoms with Crippen molar-refractivity contribution in [1.29, 1.82) is 0 Å². The van der Waals surface area contributed by atoms with Gasteiger partial charge in [-0.05, 0) is 31.0 Å². The lowest BCUT2D eigenvalue weighted by Gasteiger charge is -2.32. The molecule has 0 bridgehead atoms. The van der Waals surface area contributed by atoms with Gasteiger partial charge in [0.1, 0.15) is 11.9 Å². The molecule has 1 aliphatic carbocycles. The summed E-state index contributed by atoms with van der Waals surface area (Å²) in [6.45, 7) is 0. The average Bonchev–Trinajstić information content (AvgIpc) is 2.14. The third-order valence-corrected chi connectivity index (χ3v) is 2.88. The Kier molecular flexibility index (Phi) is 2.86. The van der Waals surface area contributed by atoms with E-state index in [0.717, 1.165) is 12.8 Å². The number of aliphatic hydroxyl groups excluding tert-OH is 1. The van der Waals surface area contributed by atoms with E-state index in [9.17, 15) is 5.11 Å². The van der Waals surface area contributed by atoms with Gasteiger partial charge in [0.25, 0.3) is 0 Å². The molecule has 2 atom stereocenters. The van der Waals surface area contributed by atoms with Gasteiger partial charge < -0.3 is 9.84 Å². The molecule has 0 amide bonds. The number of hydrogen-bond donors (Lipinski definition) is 1. The van der Waals surface area contributed by atoms with Gasteiger partial charge in [0.05, 0.1) is 11.1 Å². The van der Waals surface area contributed by atoms with Crippen LogP contribution in [0.1, 0.15) is 12.8 Å². The Balaban J connectivity index is 2.09. The predicted octanol–water partition coefficient (Wildman–Crippen LogP) is 2.90. The summed E-state index contributed by atoms with van der Waals surface area (Å²) in [6, 6.07) is 5.06. The summed E-state index contributed by atoms with van der Waals surface area (Å²) in [5, 5.41) is 10.4. The van der Waals surface area contributed by atoms with Crippen molar-refractivity contribution in [3.8, 4) is 5.75 Å². The van der Waals surface area contributed by atoms with E-state index in [1.54, 1.807) is 18.2 Å². The second-order valence-electron chi connectivity index (χ2n) is 3.38. The minimum absolute atomic E-state index is 0.117. The van der Waals surface area contributed by atoms with Crippen molar-refractivity contribution < 1.29 is 9.84 Å². The molecule has 4 heteroatoms. The number of rotatable bonds is 2. The molecule has 0 saturated heterocycles. The van der Waals surface area contributed by atoms with Gasteiger partial charge in [-0.3, -0.25) is 0 Å². The van der Waals surface area contributed by atoms with E-state index in [-0.39, 0.29) is 12.2 Å². The van der Waals surface area contributed by atoms with Crippen LogP contribution in [0.4, 0.5) is 0 Å². The van der Waals surface area contributed by atoms with E-state index in [1.807, 2.05) is 0 Å². The van der Waals surface area contributed by atoms with E-state index in [4.69, 9.17) is 27.9 Å². The first-order valence-electron chi connectivity index (χ1n) is 4.46. The van der Waals surface area contributed by atoms with Crippen LogP contribution in [0, 0.1) is 0 Å². The van der Waals surface area contributed by atoms with E-state index >= 15 is 0 Å². The maximum Gasteiger partial charge on any atom is 0.138 e. The molecule has 1 aromatic rings. The number of hydrogen-bond acceptors (Lipinski definition) is 2. The third-order valence-electron chi connectivity index (χ3n) is 2.35. The van der Waals surface area contributed by atoms with Crippen molar-refractivity contribution in [2.45, 2.75) is 25.0 Å². The van der Waals surface area contributed by atoms with Crippen LogP contribution in [0.15, 0.2) is 18.2 Å². The number of halogens is 2. The first-order valence-corrected chi connectivity index (χ1v) is 5.22. The summed E-state index contributed by atoms with van der Waals surface area (Å²) in [6.07, 6.45) is 1.20. The molecule has 1 fully saturated rings. The summed E-state index contributed by atoms with van der Waals surface area (Å²) < 4.78 is 5.51. The van der Waals surface area contributed by atoms with Crippen LogP contribution in [0.3, 0.4) is 0 Å². The normalized spacial score (nSPS) is 25.6. The first-order chi connectivity index (χ1) is 6.66. The molecule has 2 rings (SSSR count). The second-order valence-corrected chi connectivity index (χ2v) is 4.22. The Morgan fingerprint density at radius 3 is 2.57 bits per heavy atom. The van der Waals surface area contributed by atoms with Crippen molar-refractivity contribution in [2.24, 2.45) is 0 Å². The maximum atomic E-state index is 9.32. The van der Waals surface area contributed by atoms with Gasteiger partial charge in [-0.2, -0.15) is 0 Å². The largest absolute Gasteiger partial charge is 0.486 e. The molecule has 0 spiro atoms. The fourth-order valence-electron chi connectivity index (χ4n) is 1.32. The van der Waals surface area contributed by atoms with E-state index < -0.39 is 0 Å². The van der Waals surface area contributed by atoms with Crippen molar-refractivity contribution in [3.05, 3.63) is 28.2 Å². The van der Waals surface area contributed by atoms with Crippen molar-refractivity contribution in [1.82, 2.24) is 0 Å². The van der Waals surface area contributed by atoms with Crippen molar-refractivity contribution in [3.63, 3.8) is 0 Å². The van der Waals surface area contributed by atoms with Gasteiger partial charge in [0.15, 0.2) is 0 Å². The lowest BCUT2D eigenvalue weighted by atomic mass is 9.92. The monoisotopic (exact) mass is 232 g/mol. The van der Waals surface area contributed by atoms with Crippen LogP contribution in [-0.2, 0) is 0 Å². The molecule has 1 N–H and O–H groups in total. The Morgan fingerprint density at radius 1 is 1.29 bits per heavy atom. The molecule has 1 saturated carbocycles. The van der Waals surface area contributed by atoms with Crippen molar-refractivity contribution in [2.75, 3.05) is 0 Å². The van der Waals surface area contributed by atoms with Gasteiger partial charge in [-0.25, -0.2) is 0 Å². The highest BCUT2D eigenvalue weighted by Gasteiger charge is 2.31. The second kappa shape index (κ2) is 3.97. The first kappa shape index (κ1) is 10.1. The molecular weight excluding hydrogens is 223 g/mol. The molecule has 1 aromatic carbocycles. The van der Waals surface area contributed by atoms with Crippen LogP contribution >= 0.6 is 23.2 Å². The highest BCUT2D eigenvalue weighted by atomic mass is 35.5. The van der Waals surface area contributed by atoms with Crippen LogP contribution in [0.2, 0.25) is 10.0 Å². The van der Waals surface area contributed by atoms with Crippen molar-refractivity contribution >= 4 is 23.2 Å². The molecule has 0 radical (unpaired) electrons. The summed E-state index contributed by atoms with van der Waals surface area (Å²) in [5.74, 6) is 0.583. The van der Waals surface area contributed by atoms with Crippen LogP contribution in [0.5, 0.6) is 5.75 Å². The molecule has 2 nitrogen and oxygen atoms in total. The zero-order chi connectivity index (χ0) is 10.1. The Hall–Kier alpha value is -0.440. The zero-order valence-corrected chi connectivity index (χ0v) is 8.92. The van der Waals surface area contributed by atoms with Gasteiger partial charge in [0, 0.05) is 5.02 Å². The third kappa shape index (κ3) is 1.97. The molecular formula is C10H10Cl2O2. The topological polar surface area (TPSA) is 29.5 Å². The predicted molar refractivity (Wildman–Crippen MR) is 56.1 cm³/mol. The van der Waals surface area contributed by atoms with Crippen LogP contribution < -0.4 is 4.74 Å². The van der Waals surface area contributed by atoms with E-state index in [0.29, 0.717) is 15.8 Å². The molecule has 0 unspecified atom stereocenters. The zero-order valence-electron chi connectivity index (χ0n) is 7.41. The Bertz CT molecular complexity index is 341. The molecule has 1 aliphatic rings. The molecule has 0 heterocycles. The molecule has 0 aliphatic heterocycles. The quantitative estimate of drug-likeness (QED) is 0.850. The van der Waals surface area contributed by atoms with E-state index in [1.165, 1.54) is 0 Å². The van der Waals surface area contributed by atoms with Crippen LogP contribution in [0.25, 0.3) is 0 Å². The Labute approximate surface area is 92.4 Å². The smallest absolute Gasteiger partial charge is 0.138 e. The minimum Gasteiger partial charge on any atom is -0.486 e. The summed E-state index contributed by atoms with van der Waals surface area (Å²) in [4.78, 5) is 0. The SMILES string of the molecule is O[C@@H]1CC[C@H]1Oc1ccc(Cl)cc1Cl. The van der Waals surface area contributed by atoms with Gasteiger partial charge in [0.2, 0.25) is 0 Å². The van der Waals surface area contributed by atoms with Gasteiger partial charge in [-0.15, -0.1) is 0 Å². The average molecular weight is 233 g/mol. The van der Waals surface area contributed by atoms with Crippen LogP contribution in [-0.4, -0.2) is 17.3 Å². The van der Waals surface area contributed by atoms with E-state index in [2.05, 4.69) is 0 Å².